The van der Waals surface area contributed by atoms with E-state index in [1.54, 1.807) is 26.2 Å². The van der Waals surface area contributed by atoms with Gasteiger partial charge in [0.1, 0.15) is 6.54 Å². The first-order valence-corrected chi connectivity index (χ1v) is 7.73. The second-order valence-corrected chi connectivity index (χ2v) is 6.68. The van der Waals surface area contributed by atoms with E-state index in [-0.39, 0.29) is 12.5 Å². The van der Waals surface area contributed by atoms with Crippen molar-refractivity contribution in [3.63, 3.8) is 0 Å². The molecule has 0 spiro atoms. The number of rotatable bonds is 4. The van der Waals surface area contributed by atoms with Gasteiger partial charge in [-0.2, -0.15) is 0 Å². The van der Waals surface area contributed by atoms with Crippen LogP contribution in [0.3, 0.4) is 0 Å². The molecule has 0 unspecified atom stereocenters. The Morgan fingerprint density at radius 1 is 1.21 bits per heavy atom. The monoisotopic (exact) mass is 284 g/mol. The van der Waals surface area contributed by atoms with Crippen molar-refractivity contribution in [1.29, 1.82) is 0 Å². The number of nitrogens with zero attached hydrogens (tertiary/aromatic N) is 2. The van der Waals surface area contributed by atoms with Crippen LogP contribution in [0.15, 0.2) is 18.2 Å². The van der Waals surface area contributed by atoms with E-state index in [1.807, 2.05) is 19.9 Å². The van der Waals surface area contributed by atoms with Gasteiger partial charge in [-0.05, 0) is 31.0 Å². The zero-order valence-corrected chi connectivity index (χ0v) is 12.8. The minimum Gasteiger partial charge on any atom is -0.347 e. The summed E-state index contributed by atoms with van der Waals surface area (Å²) in [6, 6.07) is 5.41. The van der Waals surface area contributed by atoms with Crippen LogP contribution in [0.1, 0.15) is 11.1 Å². The van der Waals surface area contributed by atoms with Crippen molar-refractivity contribution < 1.29 is 13.2 Å². The van der Waals surface area contributed by atoms with E-state index >= 15 is 0 Å². The molecule has 0 fully saturated rings. The van der Waals surface area contributed by atoms with Gasteiger partial charge in [0.25, 0.3) is 0 Å². The van der Waals surface area contributed by atoms with Crippen LogP contribution in [0, 0.1) is 13.8 Å². The number of sulfonamides is 1. The number of hydrogen-bond acceptors (Lipinski definition) is 3. The van der Waals surface area contributed by atoms with Crippen molar-refractivity contribution in [2.75, 3.05) is 31.2 Å². The SMILES string of the molecule is Cc1cccc(N(CC(=O)N(C)C)S(C)(=O)=O)c1C. The Kier molecular flexibility index (Phi) is 4.57. The topological polar surface area (TPSA) is 57.7 Å². The molecule has 106 valence electrons. The van der Waals surface area contributed by atoms with Gasteiger partial charge in [0.2, 0.25) is 15.9 Å². The molecule has 5 nitrogen and oxygen atoms in total. The van der Waals surface area contributed by atoms with Gasteiger partial charge in [-0.1, -0.05) is 12.1 Å². The molecule has 1 aromatic rings. The highest BCUT2D eigenvalue weighted by Crippen LogP contribution is 2.24. The Balaban J connectivity index is 3.26. The first kappa shape index (κ1) is 15.5. The van der Waals surface area contributed by atoms with Crippen LogP contribution >= 0.6 is 0 Å². The molecule has 1 amide bonds. The highest BCUT2D eigenvalue weighted by Gasteiger charge is 2.23. The number of carbonyl (C=O) groups is 1. The number of likely N-dealkylation sites (N-methyl/N-ethyl adjacent to an activating group) is 1. The van der Waals surface area contributed by atoms with Crippen molar-refractivity contribution in [2.45, 2.75) is 13.8 Å². The lowest BCUT2D eigenvalue weighted by Crippen LogP contribution is -2.40. The van der Waals surface area contributed by atoms with Gasteiger partial charge >= 0.3 is 0 Å². The third-order valence-corrected chi connectivity index (χ3v) is 4.15. The summed E-state index contributed by atoms with van der Waals surface area (Å²) in [5.41, 5.74) is 2.40. The molecule has 1 rings (SSSR count). The number of anilines is 1. The molecule has 6 heteroatoms. The number of benzene rings is 1. The first-order chi connectivity index (χ1) is 8.64. The molecule has 0 N–H and O–H groups in total. The molecule has 1 aromatic carbocycles. The lowest BCUT2D eigenvalue weighted by atomic mass is 10.1. The average Bonchev–Trinajstić information content (AvgIpc) is 2.28. The Morgan fingerprint density at radius 3 is 2.26 bits per heavy atom. The van der Waals surface area contributed by atoms with Crippen LogP contribution in [-0.4, -0.2) is 46.1 Å². The molecular formula is C13H20N2O3S. The lowest BCUT2D eigenvalue weighted by molar-refractivity contribution is -0.127. The van der Waals surface area contributed by atoms with Gasteiger partial charge in [-0.25, -0.2) is 8.42 Å². The molecule has 0 heterocycles. The van der Waals surface area contributed by atoms with E-state index in [0.29, 0.717) is 5.69 Å². The second kappa shape index (κ2) is 5.61. The fraction of sp³-hybridized carbons (Fsp3) is 0.462. The van der Waals surface area contributed by atoms with Crippen LogP contribution in [0.2, 0.25) is 0 Å². The van der Waals surface area contributed by atoms with Gasteiger partial charge < -0.3 is 4.90 Å². The van der Waals surface area contributed by atoms with E-state index in [2.05, 4.69) is 0 Å². The van der Waals surface area contributed by atoms with E-state index in [9.17, 15) is 13.2 Å². The fourth-order valence-corrected chi connectivity index (χ4v) is 2.55. The molecule has 0 atom stereocenters. The average molecular weight is 284 g/mol. The van der Waals surface area contributed by atoms with Crippen LogP contribution in [0.25, 0.3) is 0 Å². The number of aryl methyl sites for hydroxylation is 1. The normalized spacial score (nSPS) is 11.2. The van der Waals surface area contributed by atoms with Crippen LogP contribution in [-0.2, 0) is 14.8 Å². The lowest BCUT2D eigenvalue weighted by Gasteiger charge is -2.25. The molecular weight excluding hydrogens is 264 g/mol. The van der Waals surface area contributed by atoms with Crippen molar-refractivity contribution in [3.05, 3.63) is 29.3 Å². The smallest absolute Gasteiger partial charge is 0.242 e. The standard InChI is InChI=1S/C13H20N2O3S/c1-10-7-6-8-12(11(10)2)15(19(5,17)18)9-13(16)14(3)4/h6-8H,9H2,1-5H3. The predicted octanol–water partition coefficient (Wildman–Crippen LogP) is 1.16. The molecule has 0 saturated carbocycles. The Morgan fingerprint density at radius 2 is 1.79 bits per heavy atom. The highest BCUT2D eigenvalue weighted by atomic mass is 32.2. The number of hydrogen-bond donors (Lipinski definition) is 0. The summed E-state index contributed by atoms with van der Waals surface area (Å²) in [5, 5.41) is 0. The van der Waals surface area contributed by atoms with E-state index in [0.717, 1.165) is 21.7 Å². The number of carbonyl (C=O) groups excluding carboxylic acids is 1. The Hall–Kier alpha value is -1.56. The fourth-order valence-electron chi connectivity index (χ4n) is 1.65. The summed E-state index contributed by atoms with van der Waals surface area (Å²) in [6.45, 7) is 3.58. The zero-order chi connectivity index (χ0) is 14.8. The van der Waals surface area contributed by atoms with Gasteiger partial charge in [0.15, 0.2) is 0 Å². The minimum absolute atomic E-state index is 0.184. The van der Waals surface area contributed by atoms with Gasteiger partial charge in [-0.15, -0.1) is 0 Å². The van der Waals surface area contributed by atoms with Crippen molar-refractivity contribution in [1.82, 2.24) is 4.90 Å². The summed E-state index contributed by atoms with van der Waals surface area (Å²) in [5.74, 6) is -0.258. The third kappa shape index (κ3) is 3.70. The minimum atomic E-state index is -3.50. The maximum Gasteiger partial charge on any atom is 0.242 e. The van der Waals surface area contributed by atoms with Gasteiger partial charge in [0, 0.05) is 14.1 Å². The third-order valence-electron chi connectivity index (χ3n) is 3.02. The zero-order valence-electron chi connectivity index (χ0n) is 12.0. The Labute approximate surface area is 114 Å². The number of amides is 1. The van der Waals surface area contributed by atoms with Crippen molar-refractivity contribution >= 4 is 21.6 Å². The maximum absolute atomic E-state index is 11.9. The van der Waals surface area contributed by atoms with Crippen molar-refractivity contribution in [2.24, 2.45) is 0 Å². The molecule has 0 aliphatic carbocycles. The van der Waals surface area contributed by atoms with Gasteiger partial charge in [0.05, 0.1) is 11.9 Å². The highest BCUT2D eigenvalue weighted by molar-refractivity contribution is 7.92. The van der Waals surface area contributed by atoms with E-state index in [1.165, 1.54) is 4.90 Å². The first-order valence-electron chi connectivity index (χ1n) is 5.88. The summed E-state index contributed by atoms with van der Waals surface area (Å²) in [7, 11) is -0.294. The Bertz CT molecular complexity index is 580. The molecule has 0 saturated heterocycles. The largest absolute Gasteiger partial charge is 0.347 e. The molecule has 0 aliphatic rings. The molecule has 0 aliphatic heterocycles. The van der Waals surface area contributed by atoms with Crippen LogP contribution in [0.5, 0.6) is 0 Å². The maximum atomic E-state index is 11.9. The van der Waals surface area contributed by atoms with E-state index < -0.39 is 10.0 Å². The summed E-state index contributed by atoms with van der Waals surface area (Å²) < 4.78 is 25.0. The summed E-state index contributed by atoms with van der Waals surface area (Å²) >= 11 is 0. The summed E-state index contributed by atoms with van der Waals surface area (Å²) in [6.07, 6.45) is 1.11. The quantitative estimate of drug-likeness (QED) is 0.833. The van der Waals surface area contributed by atoms with Crippen LogP contribution in [0.4, 0.5) is 5.69 Å². The van der Waals surface area contributed by atoms with Gasteiger partial charge in [-0.3, -0.25) is 9.10 Å². The predicted molar refractivity (Wildman–Crippen MR) is 76.8 cm³/mol. The molecule has 0 aromatic heterocycles. The molecule has 0 radical (unpaired) electrons. The van der Waals surface area contributed by atoms with E-state index in [4.69, 9.17) is 0 Å². The van der Waals surface area contributed by atoms with Crippen LogP contribution < -0.4 is 4.31 Å². The second-order valence-electron chi connectivity index (χ2n) is 4.78. The summed E-state index contributed by atoms with van der Waals surface area (Å²) in [4.78, 5) is 13.2. The molecule has 0 bridgehead atoms. The van der Waals surface area contributed by atoms with Crippen molar-refractivity contribution in [3.8, 4) is 0 Å². The molecule has 19 heavy (non-hydrogen) atoms.